The molecule has 1 aromatic heterocycles. The lowest BCUT2D eigenvalue weighted by atomic mass is 10.1. The smallest absolute Gasteiger partial charge is 0.387 e. The normalized spacial score (nSPS) is 11.9. The lowest BCUT2D eigenvalue weighted by molar-refractivity contribution is -0.0504. The van der Waals surface area contributed by atoms with E-state index in [1.54, 1.807) is 30.3 Å². The van der Waals surface area contributed by atoms with E-state index in [2.05, 4.69) is 9.72 Å². The first-order valence-electron chi connectivity index (χ1n) is 9.62. The Balaban J connectivity index is 1.76. The molecule has 0 amide bonds. The molecule has 0 spiro atoms. The second-order valence-electron chi connectivity index (χ2n) is 7.38. The summed E-state index contributed by atoms with van der Waals surface area (Å²) < 4.78 is 55.7. The summed E-state index contributed by atoms with van der Waals surface area (Å²) in [6.45, 7) is -0.878. The molecule has 166 valence electrons. The van der Waals surface area contributed by atoms with Crippen LogP contribution in [0.1, 0.15) is 11.4 Å². The molecule has 0 radical (unpaired) electrons. The van der Waals surface area contributed by atoms with Crippen LogP contribution >= 0.6 is 11.6 Å². The van der Waals surface area contributed by atoms with Crippen molar-refractivity contribution < 1.29 is 21.9 Å². The van der Waals surface area contributed by atoms with Gasteiger partial charge in [0.15, 0.2) is 9.84 Å². The van der Waals surface area contributed by atoms with Crippen molar-refractivity contribution in [2.24, 2.45) is 0 Å². The first-order valence-corrected chi connectivity index (χ1v) is 11.9. The molecular weight excluding hydrogens is 458 g/mol. The largest absolute Gasteiger partial charge is 0.434 e. The van der Waals surface area contributed by atoms with E-state index in [1.807, 2.05) is 29.7 Å². The van der Waals surface area contributed by atoms with Gasteiger partial charge in [-0.2, -0.15) is 8.78 Å². The van der Waals surface area contributed by atoms with Gasteiger partial charge >= 0.3 is 6.61 Å². The third-order valence-electron chi connectivity index (χ3n) is 5.12. The highest BCUT2D eigenvalue weighted by Crippen LogP contribution is 2.30. The molecule has 3 aromatic carbocycles. The summed E-state index contributed by atoms with van der Waals surface area (Å²) >= 11 is 6.09. The molecule has 0 saturated carbocycles. The van der Waals surface area contributed by atoms with E-state index in [1.165, 1.54) is 12.1 Å². The summed E-state index contributed by atoms with van der Waals surface area (Å²) in [6.07, 6.45) is 1.16. The van der Waals surface area contributed by atoms with Crippen LogP contribution in [0.25, 0.3) is 22.2 Å². The van der Waals surface area contributed by atoms with E-state index < -0.39 is 16.4 Å². The van der Waals surface area contributed by atoms with Crippen molar-refractivity contribution in [2.75, 3.05) is 6.26 Å². The zero-order chi connectivity index (χ0) is 23.0. The zero-order valence-electron chi connectivity index (χ0n) is 17.2. The Bertz CT molecular complexity index is 1400. The zero-order valence-corrected chi connectivity index (χ0v) is 18.8. The number of benzene rings is 3. The summed E-state index contributed by atoms with van der Waals surface area (Å²) in [4.78, 5) is 4.81. The van der Waals surface area contributed by atoms with Gasteiger partial charge in [0.05, 0.1) is 22.5 Å². The molecule has 0 aliphatic rings. The van der Waals surface area contributed by atoms with Gasteiger partial charge in [0.1, 0.15) is 11.6 Å². The molecule has 32 heavy (non-hydrogen) atoms. The number of rotatable bonds is 6. The average molecular weight is 477 g/mol. The van der Waals surface area contributed by atoms with E-state index in [-0.39, 0.29) is 17.2 Å². The minimum atomic E-state index is -3.28. The van der Waals surface area contributed by atoms with Crippen LogP contribution in [0.2, 0.25) is 5.02 Å². The van der Waals surface area contributed by atoms with Crippen LogP contribution in [0, 0.1) is 6.92 Å². The van der Waals surface area contributed by atoms with E-state index in [9.17, 15) is 17.2 Å². The van der Waals surface area contributed by atoms with E-state index >= 15 is 0 Å². The standard InChI is InChI=1S/C23H19ClF2N2O3S/c1-14-27-20-9-5-16(15-3-7-19(8-4-15)32(2,29)30)12-21(20)28(14)13-17-11-18(24)6-10-22(17)31-23(25)26/h3-12,23H,13H2,1-2H3. The van der Waals surface area contributed by atoms with Gasteiger partial charge in [-0.3, -0.25) is 0 Å². The van der Waals surface area contributed by atoms with Crippen LogP contribution in [0.4, 0.5) is 8.78 Å². The Morgan fingerprint density at radius 1 is 1.03 bits per heavy atom. The van der Waals surface area contributed by atoms with Crippen LogP contribution in [0.5, 0.6) is 5.75 Å². The minimum Gasteiger partial charge on any atom is -0.434 e. The molecule has 0 saturated heterocycles. The maximum Gasteiger partial charge on any atom is 0.387 e. The van der Waals surface area contributed by atoms with Gasteiger partial charge in [0, 0.05) is 16.8 Å². The Hall–Kier alpha value is -2.97. The predicted molar refractivity (Wildman–Crippen MR) is 120 cm³/mol. The fourth-order valence-corrected chi connectivity index (χ4v) is 4.39. The Morgan fingerprint density at radius 2 is 1.72 bits per heavy atom. The number of alkyl halides is 2. The molecule has 0 fully saturated rings. The topological polar surface area (TPSA) is 61.2 Å². The molecule has 4 aromatic rings. The Labute approximate surface area is 189 Å². The third-order valence-corrected chi connectivity index (χ3v) is 6.49. The van der Waals surface area contributed by atoms with E-state index in [4.69, 9.17) is 11.6 Å². The van der Waals surface area contributed by atoms with E-state index in [0.29, 0.717) is 16.4 Å². The number of ether oxygens (including phenoxy) is 1. The van der Waals surface area contributed by atoms with Crippen LogP contribution in [0.3, 0.4) is 0 Å². The quantitative estimate of drug-likeness (QED) is 0.357. The summed E-state index contributed by atoms with van der Waals surface area (Å²) in [5.74, 6) is 0.755. The number of fused-ring (bicyclic) bond motifs is 1. The van der Waals surface area contributed by atoms with Crippen molar-refractivity contribution >= 4 is 32.5 Å². The van der Waals surface area contributed by atoms with Crippen LogP contribution < -0.4 is 4.74 Å². The molecule has 0 aliphatic heterocycles. The van der Waals surface area contributed by atoms with Gasteiger partial charge in [-0.15, -0.1) is 0 Å². The molecule has 0 bridgehead atoms. The van der Waals surface area contributed by atoms with E-state index in [0.717, 1.165) is 28.4 Å². The van der Waals surface area contributed by atoms with Gasteiger partial charge < -0.3 is 9.30 Å². The molecule has 0 aliphatic carbocycles. The highest BCUT2D eigenvalue weighted by atomic mass is 35.5. The second-order valence-corrected chi connectivity index (χ2v) is 9.83. The van der Waals surface area contributed by atoms with Crippen molar-refractivity contribution in [1.82, 2.24) is 9.55 Å². The number of imidazole rings is 1. The van der Waals surface area contributed by atoms with Crippen LogP contribution in [-0.4, -0.2) is 30.8 Å². The van der Waals surface area contributed by atoms with Gasteiger partial charge in [-0.1, -0.05) is 29.8 Å². The monoisotopic (exact) mass is 476 g/mol. The van der Waals surface area contributed by atoms with Crippen molar-refractivity contribution in [3.8, 4) is 16.9 Å². The fourth-order valence-electron chi connectivity index (χ4n) is 3.57. The van der Waals surface area contributed by atoms with Crippen molar-refractivity contribution in [3.63, 3.8) is 0 Å². The molecule has 4 rings (SSSR count). The number of hydrogen-bond donors (Lipinski definition) is 0. The number of aromatic nitrogens is 2. The second kappa shape index (κ2) is 8.52. The molecule has 5 nitrogen and oxygen atoms in total. The van der Waals surface area contributed by atoms with Crippen molar-refractivity contribution in [2.45, 2.75) is 25.0 Å². The number of aryl methyl sites for hydroxylation is 1. The van der Waals surface area contributed by atoms with Crippen molar-refractivity contribution in [1.29, 1.82) is 0 Å². The lowest BCUT2D eigenvalue weighted by Crippen LogP contribution is -2.08. The van der Waals surface area contributed by atoms with Gasteiger partial charge in [-0.25, -0.2) is 13.4 Å². The van der Waals surface area contributed by atoms with Crippen molar-refractivity contribution in [3.05, 3.63) is 77.1 Å². The highest BCUT2D eigenvalue weighted by molar-refractivity contribution is 7.90. The Morgan fingerprint density at radius 3 is 2.38 bits per heavy atom. The number of sulfone groups is 1. The third kappa shape index (κ3) is 4.61. The highest BCUT2D eigenvalue weighted by Gasteiger charge is 2.15. The van der Waals surface area contributed by atoms with Crippen LogP contribution in [0.15, 0.2) is 65.6 Å². The minimum absolute atomic E-state index is 0.0539. The molecule has 0 unspecified atom stereocenters. The number of nitrogens with zero attached hydrogens (tertiary/aromatic N) is 2. The van der Waals surface area contributed by atoms with Gasteiger partial charge in [0.25, 0.3) is 0 Å². The first-order chi connectivity index (χ1) is 15.1. The molecule has 9 heteroatoms. The maximum absolute atomic E-state index is 12.8. The van der Waals surface area contributed by atoms with Gasteiger partial charge in [0.2, 0.25) is 0 Å². The predicted octanol–water partition coefficient (Wildman–Crippen LogP) is 5.72. The van der Waals surface area contributed by atoms with Crippen LogP contribution in [-0.2, 0) is 16.4 Å². The number of hydrogen-bond acceptors (Lipinski definition) is 4. The summed E-state index contributed by atoms with van der Waals surface area (Å²) in [7, 11) is -3.28. The first kappa shape index (κ1) is 22.2. The maximum atomic E-state index is 12.8. The lowest BCUT2D eigenvalue weighted by Gasteiger charge is -2.14. The Kier molecular flexibility index (Phi) is 5.92. The summed E-state index contributed by atoms with van der Waals surface area (Å²) in [5, 5.41) is 0.412. The summed E-state index contributed by atoms with van der Waals surface area (Å²) in [5.41, 5.74) is 3.76. The molecule has 1 heterocycles. The SMILES string of the molecule is Cc1nc2ccc(-c3ccc(S(C)(=O)=O)cc3)cc2n1Cc1cc(Cl)ccc1OC(F)F. The van der Waals surface area contributed by atoms with Gasteiger partial charge in [-0.05, 0) is 60.5 Å². The number of halogens is 3. The average Bonchev–Trinajstić information content (AvgIpc) is 3.03. The molecule has 0 N–H and O–H groups in total. The fraction of sp³-hybridized carbons (Fsp3) is 0.174. The molecular formula is C23H19ClF2N2O3S. The molecule has 0 atom stereocenters. The summed E-state index contributed by atoms with van der Waals surface area (Å²) in [6, 6.07) is 16.8.